The van der Waals surface area contributed by atoms with E-state index < -0.39 is 0 Å². The van der Waals surface area contributed by atoms with E-state index in [1.54, 1.807) is 0 Å². The fourth-order valence-corrected chi connectivity index (χ4v) is 3.46. The average Bonchev–Trinajstić information content (AvgIpc) is 2.76. The molecule has 0 saturated carbocycles. The lowest BCUT2D eigenvalue weighted by Crippen LogP contribution is -2.24. The molecular weight excluding hydrogens is 464 g/mol. The predicted molar refractivity (Wildman–Crippen MR) is 149 cm³/mol. The van der Waals surface area contributed by atoms with Crippen LogP contribution >= 0.6 is 24.4 Å². The van der Waals surface area contributed by atoms with E-state index in [0.29, 0.717) is 21.4 Å². The van der Waals surface area contributed by atoms with Gasteiger partial charge < -0.3 is 15.7 Å². The number of phenolic OH excluding ortho intramolecular Hbond substituents is 1. The Morgan fingerprint density at radius 2 is 1.15 bits per heavy atom. The van der Waals surface area contributed by atoms with Crippen LogP contribution in [0.15, 0.2) is 70.9 Å². The van der Waals surface area contributed by atoms with Gasteiger partial charge in [0.25, 0.3) is 0 Å². The fourth-order valence-electron chi connectivity index (χ4n) is 3.12. The maximum absolute atomic E-state index is 10.6. The number of hydrogen-bond acceptors (Lipinski definition) is 5. The molecule has 0 aliphatic carbocycles. The zero-order valence-corrected chi connectivity index (χ0v) is 20.7. The molecule has 0 bridgehead atoms. The molecular formula is C25H26N6OS2. The molecule has 3 rings (SSSR count). The predicted octanol–water partition coefficient (Wildman–Crippen LogP) is 4.96. The highest BCUT2D eigenvalue weighted by molar-refractivity contribution is 7.80. The van der Waals surface area contributed by atoms with Gasteiger partial charge in [0.1, 0.15) is 5.75 Å². The van der Waals surface area contributed by atoms with Crippen molar-refractivity contribution in [2.24, 2.45) is 10.2 Å². The maximum Gasteiger partial charge on any atom is 0.191 e. The molecule has 0 aliphatic rings. The van der Waals surface area contributed by atoms with Gasteiger partial charge in [0, 0.05) is 22.5 Å². The van der Waals surface area contributed by atoms with Crippen molar-refractivity contribution in [2.45, 2.75) is 20.8 Å². The third-order valence-corrected chi connectivity index (χ3v) is 4.99. The Morgan fingerprint density at radius 3 is 1.56 bits per heavy atom. The van der Waals surface area contributed by atoms with Crippen molar-refractivity contribution >= 4 is 58.5 Å². The largest absolute Gasteiger partial charge is 0.507 e. The van der Waals surface area contributed by atoms with Gasteiger partial charge in [0.05, 0.1) is 12.4 Å². The van der Waals surface area contributed by atoms with Crippen LogP contribution in [0, 0.1) is 20.8 Å². The molecule has 0 atom stereocenters. The van der Waals surface area contributed by atoms with Crippen LogP contribution in [0.5, 0.6) is 5.75 Å². The number of aromatic hydroxyl groups is 1. The number of hydrazone groups is 2. The topological polar surface area (TPSA) is 93.1 Å². The first-order chi connectivity index (χ1) is 16.3. The van der Waals surface area contributed by atoms with Gasteiger partial charge in [-0.15, -0.1) is 0 Å². The molecule has 7 nitrogen and oxygen atoms in total. The minimum Gasteiger partial charge on any atom is -0.507 e. The number of nitrogens with one attached hydrogen (secondary N) is 4. The van der Waals surface area contributed by atoms with Gasteiger partial charge in [0.2, 0.25) is 0 Å². The second kappa shape index (κ2) is 11.9. The average molecular weight is 491 g/mol. The van der Waals surface area contributed by atoms with Crippen molar-refractivity contribution in [1.82, 2.24) is 10.9 Å². The summed E-state index contributed by atoms with van der Waals surface area (Å²) in [6.07, 6.45) is 3.00. The van der Waals surface area contributed by atoms with E-state index in [0.717, 1.165) is 28.1 Å². The molecule has 3 aromatic carbocycles. The van der Waals surface area contributed by atoms with Gasteiger partial charge >= 0.3 is 0 Å². The van der Waals surface area contributed by atoms with Crippen molar-refractivity contribution in [1.29, 1.82) is 0 Å². The van der Waals surface area contributed by atoms with Crippen LogP contribution < -0.4 is 21.5 Å². The molecule has 5 N–H and O–H groups in total. The van der Waals surface area contributed by atoms with Crippen molar-refractivity contribution in [3.05, 3.63) is 88.5 Å². The first kappa shape index (κ1) is 24.8. The number of benzene rings is 3. The van der Waals surface area contributed by atoms with Gasteiger partial charge in [-0.2, -0.15) is 10.2 Å². The number of hydrogen-bond donors (Lipinski definition) is 5. The van der Waals surface area contributed by atoms with E-state index in [1.807, 2.05) is 81.4 Å². The van der Waals surface area contributed by atoms with Gasteiger partial charge in [-0.3, -0.25) is 10.9 Å². The number of thiocarbonyl (C=S) groups is 2. The third kappa shape index (κ3) is 7.65. The number of aryl methyl sites for hydroxylation is 3. The monoisotopic (exact) mass is 490 g/mol. The van der Waals surface area contributed by atoms with Crippen LogP contribution in [0.3, 0.4) is 0 Å². The fraction of sp³-hybridized carbons (Fsp3) is 0.120. The molecule has 9 heteroatoms. The Labute approximate surface area is 210 Å². The molecule has 34 heavy (non-hydrogen) atoms. The summed E-state index contributed by atoms with van der Waals surface area (Å²) in [5, 5.41) is 25.7. The summed E-state index contributed by atoms with van der Waals surface area (Å²) in [7, 11) is 0. The van der Waals surface area contributed by atoms with Gasteiger partial charge in [0.15, 0.2) is 10.2 Å². The van der Waals surface area contributed by atoms with Gasteiger partial charge in [-0.1, -0.05) is 24.3 Å². The third-order valence-electron chi connectivity index (χ3n) is 4.60. The van der Waals surface area contributed by atoms with E-state index in [9.17, 15) is 5.11 Å². The number of rotatable bonds is 6. The summed E-state index contributed by atoms with van der Waals surface area (Å²) in [5.41, 5.74) is 11.5. The van der Waals surface area contributed by atoms with E-state index >= 15 is 0 Å². The molecule has 0 aliphatic heterocycles. The second-order valence-corrected chi connectivity index (χ2v) is 8.50. The van der Waals surface area contributed by atoms with Crippen LogP contribution in [-0.2, 0) is 0 Å². The highest BCUT2D eigenvalue weighted by atomic mass is 32.1. The number of nitrogens with zero attached hydrogens (tertiary/aromatic N) is 2. The lowest BCUT2D eigenvalue weighted by Gasteiger charge is -2.09. The summed E-state index contributed by atoms with van der Waals surface area (Å²) in [6, 6.07) is 19.3. The number of phenols is 1. The first-order valence-electron chi connectivity index (χ1n) is 10.5. The zero-order valence-electron chi connectivity index (χ0n) is 19.1. The molecule has 0 aromatic heterocycles. The maximum atomic E-state index is 10.6. The summed E-state index contributed by atoms with van der Waals surface area (Å²) >= 11 is 10.5. The second-order valence-electron chi connectivity index (χ2n) is 7.68. The molecule has 0 radical (unpaired) electrons. The summed E-state index contributed by atoms with van der Waals surface area (Å²) in [6.45, 7) is 5.93. The Bertz CT molecular complexity index is 1160. The van der Waals surface area contributed by atoms with E-state index in [-0.39, 0.29) is 5.75 Å². The molecule has 174 valence electrons. The summed E-state index contributed by atoms with van der Waals surface area (Å²) < 4.78 is 0. The van der Waals surface area contributed by atoms with Gasteiger partial charge in [-0.05, 0) is 98.3 Å². The van der Waals surface area contributed by atoms with Crippen molar-refractivity contribution in [2.75, 3.05) is 10.6 Å². The minimum atomic E-state index is 0.0387. The van der Waals surface area contributed by atoms with E-state index in [1.165, 1.54) is 12.4 Å². The standard InChI is InChI=1S/C25H26N6OS2/c1-16-6-4-8-21(12-16)28-24(33)30-26-14-19-10-18(3)11-20(23(19)32)15-27-31-25(34)29-22-9-5-7-17(2)13-22/h4-15,32H,1-3H3,(H2,28,30,33)(H2,29,31,34)/b26-14-,27-15?. The highest BCUT2D eigenvalue weighted by Crippen LogP contribution is 2.21. The Balaban J connectivity index is 1.60. The van der Waals surface area contributed by atoms with Crippen molar-refractivity contribution in [3.8, 4) is 5.75 Å². The molecule has 0 heterocycles. The smallest absolute Gasteiger partial charge is 0.191 e. The highest BCUT2D eigenvalue weighted by Gasteiger charge is 2.06. The summed E-state index contributed by atoms with van der Waals surface area (Å²) in [5.74, 6) is 0.0387. The van der Waals surface area contributed by atoms with Crippen molar-refractivity contribution in [3.63, 3.8) is 0 Å². The molecule has 0 fully saturated rings. The molecule has 0 unspecified atom stereocenters. The first-order valence-corrected chi connectivity index (χ1v) is 11.3. The van der Waals surface area contributed by atoms with Crippen LogP contribution in [0.25, 0.3) is 0 Å². The minimum absolute atomic E-state index is 0.0387. The van der Waals surface area contributed by atoms with Crippen LogP contribution in [0.4, 0.5) is 11.4 Å². The Kier molecular flexibility index (Phi) is 8.66. The van der Waals surface area contributed by atoms with Gasteiger partial charge in [-0.25, -0.2) is 0 Å². The molecule has 0 amide bonds. The summed E-state index contributed by atoms with van der Waals surface area (Å²) in [4.78, 5) is 0. The number of anilines is 2. The zero-order chi connectivity index (χ0) is 24.5. The SMILES string of the molecule is Cc1cccc(NC(=S)NN=Cc2cc(C)cc(/C=N\NC(=S)Nc3cccc(C)c3)c2O)c1. The molecule has 3 aromatic rings. The van der Waals surface area contributed by atoms with Crippen LogP contribution in [0.2, 0.25) is 0 Å². The Hall–Kier alpha value is -3.82. The quantitative estimate of drug-likeness (QED) is 0.189. The molecule has 0 spiro atoms. The lowest BCUT2D eigenvalue weighted by atomic mass is 10.1. The molecule has 0 saturated heterocycles. The van der Waals surface area contributed by atoms with Crippen molar-refractivity contribution < 1.29 is 5.11 Å². The van der Waals surface area contributed by atoms with Crippen LogP contribution in [-0.4, -0.2) is 27.8 Å². The van der Waals surface area contributed by atoms with E-state index in [2.05, 4.69) is 31.7 Å². The lowest BCUT2D eigenvalue weighted by molar-refractivity contribution is 0.473. The Morgan fingerprint density at radius 1 is 0.706 bits per heavy atom. The normalized spacial score (nSPS) is 10.9. The van der Waals surface area contributed by atoms with Crippen LogP contribution in [0.1, 0.15) is 27.8 Å². The van der Waals surface area contributed by atoms with E-state index in [4.69, 9.17) is 24.4 Å².